The van der Waals surface area contributed by atoms with Gasteiger partial charge < -0.3 is 4.98 Å². The third-order valence-corrected chi connectivity index (χ3v) is 3.74. The molecule has 1 fully saturated rings. The first-order valence-electron chi connectivity index (χ1n) is 6.67. The molecule has 1 saturated heterocycles. The number of benzene rings is 1. The summed E-state index contributed by atoms with van der Waals surface area (Å²) < 4.78 is 1.45. The van der Waals surface area contributed by atoms with Gasteiger partial charge in [-0.25, -0.2) is 4.79 Å². The average Bonchev–Trinajstić information content (AvgIpc) is 2.75. The molecule has 6 nitrogen and oxygen atoms in total. The highest BCUT2D eigenvalue weighted by atomic mass is 16.2. The molecular weight excluding hydrogens is 258 g/mol. The molecule has 0 radical (unpaired) electrons. The third-order valence-electron chi connectivity index (χ3n) is 3.74. The fraction of sp³-hybridized carbons (Fsp3) is 0.357. The van der Waals surface area contributed by atoms with E-state index in [2.05, 4.69) is 10.3 Å². The number of carbonyl (C=O) groups is 2. The highest BCUT2D eigenvalue weighted by molar-refractivity contribution is 6.00. The van der Waals surface area contributed by atoms with Gasteiger partial charge in [-0.1, -0.05) is 19.1 Å². The van der Waals surface area contributed by atoms with E-state index in [0.29, 0.717) is 11.9 Å². The van der Waals surface area contributed by atoms with Crippen LogP contribution < -0.4 is 11.0 Å². The SMILES string of the molecule is CCc1cccc2c1[nH]c(=O)n2C1CCC(=O)NC1=O. The lowest BCUT2D eigenvalue weighted by atomic mass is 10.1. The van der Waals surface area contributed by atoms with Crippen molar-refractivity contribution in [1.29, 1.82) is 0 Å². The van der Waals surface area contributed by atoms with Crippen LogP contribution in [0.2, 0.25) is 0 Å². The van der Waals surface area contributed by atoms with Gasteiger partial charge in [0.2, 0.25) is 11.8 Å². The quantitative estimate of drug-likeness (QED) is 0.796. The Morgan fingerprint density at radius 3 is 2.80 bits per heavy atom. The number of aromatic amines is 1. The van der Waals surface area contributed by atoms with Gasteiger partial charge in [-0.2, -0.15) is 0 Å². The summed E-state index contributed by atoms with van der Waals surface area (Å²) in [6, 6.07) is 5.01. The van der Waals surface area contributed by atoms with E-state index in [9.17, 15) is 14.4 Å². The Hall–Kier alpha value is -2.37. The fourth-order valence-corrected chi connectivity index (χ4v) is 2.74. The van der Waals surface area contributed by atoms with E-state index in [4.69, 9.17) is 0 Å². The van der Waals surface area contributed by atoms with Gasteiger partial charge in [0, 0.05) is 6.42 Å². The van der Waals surface area contributed by atoms with Gasteiger partial charge in [-0.3, -0.25) is 19.5 Å². The van der Waals surface area contributed by atoms with Gasteiger partial charge in [-0.15, -0.1) is 0 Å². The van der Waals surface area contributed by atoms with E-state index >= 15 is 0 Å². The van der Waals surface area contributed by atoms with Crippen LogP contribution in [0.4, 0.5) is 0 Å². The zero-order valence-corrected chi connectivity index (χ0v) is 11.1. The first kappa shape index (κ1) is 12.7. The topological polar surface area (TPSA) is 84.0 Å². The Morgan fingerprint density at radius 1 is 1.30 bits per heavy atom. The number of hydrogen-bond donors (Lipinski definition) is 2. The normalized spacial score (nSPS) is 19.4. The number of amides is 2. The summed E-state index contributed by atoms with van der Waals surface area (Å²) in [5.41, 5.74) is 2.20. The number of H-pyrrole nitrogens is 1. The predicted octanol–water partition coefficient (Wildman–Crippen LogP) is 0.870. The number of carbonyl (C=O) groups excluding carboxylic acids is 2. The number of rotatable bonds is 2. The molecule has 0 aliphatic carbocycles. The van der Waals surface area contributed by atoms with Crippen molar-refractivity contribution < 1.29 is 9.59 Å². The monoisotopic (exact) mass is 273 g/mol. The lowest BCUT2D eigenvalue weighted by Gasteiger charge is -2.21. The van der Waals surface area contributed by atoms with Gasteiger partial charge in [-0.05, 0) is 24.5 Å². The van der Waals surface area contributed by atoms with Crippen molar-refractivity contribution in [3.63, 3.8) is 0 Å². The molecule has 1 aromatic heterocycles. The molecule has 0 bridgehead atoms. The molecule has 0 spiro atoms. The summed E-state index contributed by atoms with van der Waals surface area (Å²) >= 11 is 0. The van der Waals surface area contributed by atoms with Gasteiger partial charge in [0.25, 0.3) is 0 Å². The molecule has 2 amide bonds. The standard InChI is InChI=1S/C14H15N3O3/c1-2-8-4-3-5-9-12(8)16-14(20)17(9)10-6-7-11(18)15-13(10)19/h3-5,10H,2,6-7H2,1H3,(H,16,20)(H,15,18,19). The summed E-state index contributed by atoms with van der Waals surface area (Å²) in [4.78, 5) is 38.2. The number of aromatic nitrogens is 2. The van der Waals surface area contributed by atoms with Gasteiger partial charge >= 0.3 is 5.69 Å². The Labute approximate surface area is 114 Å². The van der Waals surface area contributed by atoms with E-state index in [-0.39, 0.29) is 18.0 Å². The maximum atomic E-state index is 12.2. The second-order valence-corrected chi connectivity index (χ2v) is 4.93. The highest BCUT2D eigenvalue weighted by Gasteiger charge is 2.30. The summed E-state index contributed by atoms with van der Waals surface area (Å²) in [7, 11) is 0. The molecule has 1 aliphatic heterocycles. The van der Waals surface area contributed by atoms with Crippen LogP contribution >= 0.6 is 0 Å². The maximum absolute atomic E-state index is 12.2. The zero-order valence-electron chi connectivity index (χ0n) is 11.1. The van der Waals surface area contributed by atoms with Crippen LogP contribution in [0, 0.1) is 0 Å². The number of nitrogens with one attached hydrogen (secondary N) is 2. The van der Waals surface area contributed by atoms with Crippen molar-refractivity contribution in [2.24, 2.45) is 0 Å². The van der Waals surface area contributed by atoms with Crippen LogP contribution in [-0.2, 0) is 16.0 Å². The largest absolute Gasteiger partial charge is 0.327 e. The number of nitrogens with zero attached hydrogens (tertiary/aromatic N) is 1. The van der Waals surface area contributed by atoms with Crippen molar-refractivity contribution in [1.82, 2.24) is 14.9 Å². The van der Waals surface area contributed by atoms with Gasteiger partial charge in [0.05, 0.1) is 11.0 Å². The van der Waals surface area contributed by atoms with Crippen molar-refractivity contribution >= 4 is 22.8 Å². The number of para-hydroxylation sites is 1. The summed E-state index contributed by atoms with van der Waals surface area (Å²) in [6.07, 6.45) is 1.41. The first-order valence-corrected chi connectivity index (χ1v) is 6.67. The minimum Gasteiger partial charge on any atom is -0.305 e. The van der Waals surface area contributed by atoms with E-state index in [0.717, 1.165) is 17.5 Å². The molecule has 2 N–H and O–H groups in total. The number of imidazole rings is 1. The lowest BCUT2D eigenvalue weighted by molar-refractivity contribution is -0.135. The molecular formula is C14H15N3O3. The molecule has 1 aromatic carbocycles. The molecule has 1 atom stereocenters. The predicted molar refractivity (Wildman–Crippen MR) is 73.4 cm³/mol. The van der Waals surface area contributed by atoms with E-state index < -0.39 is 11.9 Å². The highest BCUT2D eigenvalue weighted by Crippen LogP contribution is 2.23. The second kappa shape index (κ2) is 4.63. The molecule has 2 heterocycles. The Kier molecular flexibility index (Phi) is 2.93. The maximum Gasteiger partial charge on any atom is 0.327 e. The second-order valence-electron chi connectivity index (χ2n) is 4.93. The van der Waals surface area contributed by atoms with Crippen molar-refractivity contribution in [2.75, 3.05) is 0 Å². The number of hydrogen-bond acceptors (Lipinski definition) is 3. The average molecular weight is 273 g/mol. The molecule has 1 aliphatic rings. The van der Waals surface area contributed by atoms with Crippen LogP contribution in [0.1, 0.15) is 31.4 Å². The van der Waals surface area contributed by atoms with Gasteiger partial charge in [0.1, 0.15) is 6.04 Å². The summed E-state index contributed by atoms with van der Waals surface area (Å²) in [5.74, 6) is -0.695. The van der Waals surface area contributed by atoms with Crippen molar-refractivity contribution in [2.45, 2.75) is 32.2 Å². The van der Waals surface area contributed by atoms with E-state index in [1.807, 2.05) is 25.1 Å². The van der Waals surface area contributed by atoms with Crippen molar-refractivity contribution in [3.8, 4) is 0 Å². The van der Waals surface area contributed by atoms with Gasteiger partial charge in [0.15, 0.2) is 0 Å². The Balaban J connectivity index is 2.17. The zero-order chi connectivity index (χ0) is 14.3. The van der Waals surface area contributed by atoms with Crippen LogP contribution in [-0.4, -0.2) is 21.4 Å². The number of aryl methyl sites for hydroxylation is 1. The lowest BCUT2D eigenvalue weighted by Crippen LogP contribution is -2.43. The summed E-state index contributed by atoms with van der Waals surface area (Å²) in [6.45, 7) is 2.01. The van der Waals surface area contributed by atoms with Crippen LogP contribution in [0.15, 0.2) is 23.0 Å². The molecule has 20 heavy (non-hydrogen) atoms. The smallest absolute Gasteiger partial charge is 0.305 e. The summed E-state index contributed by atoms with van der Waals surface area (Å²) in [5, 5.41) is 2.29. The Morgan fingerprint density at radius 2 is 2.10 bits per heavy atom. The molecule has 1 unspecified atom stereocenters. The minimum atomic E-state index is -0.624. The first-order chi connectivity index (χ1) is 9.61. The van der Waals surface area contributed by atoms with E-state index in [1.54, 1.807) is 0 Å². The number of imide groups is 1. The van der Waals surface area contributed by atoms with Crippen LogP contribution in [0.5, 0.6) is 0 Å². The van der Waals surface area contributed by atoms with Crippen LogP contribution in [0.25, 0.3) is 11.0 Å². The molecule has 104 valence electrons. The molecule has 3 rings (SSSR count). The molecule has 6 heteroatoms. The minimum absolute atomic E-state index is 0.253. The molecule has 0 saturated carbocycles. The Bertz CT molecular complexity index is 757. The molecule has 2 aromatic rings. The van der Waals surface area contributed by atoms with E-state index in [1.165, 1.54) is 4.57 Å². The van der Waals surface area contributed by atoms with Crippen LogP contribution in [0.3, 0.4) is 0 Å². The number of fused-ring (bicyclic) bond motifs is 1. The number of piperidine rings is 1. The third kappa shape index (κ3) is 1.84. The van der Waals surface area contributed by atoms with Crippen molar-refractivity contribution in [3.05, 3.63) is 34.2 Å². The fourth-order valence-electron chi connectivity index (χ4n) is 2.74.